The lowest BCUT2D eigenvalue weighted by molar-refractivity contribution is -0.152. The van der Waals surface area contributed by atoms with Crippen LogP contribution in [0.5, 0.6) is 0 Å². The molecular weight excluding hydrogens is 342 g/mol. The summed E-state index contributed by atoms with van der Waals surface area (Å²) in [6.07, 6.45) is 5.49. The lowest BCUT2D eigenvalue weighted by atomic mass is 9.72. The van der Waals surface area contributed by atoms with Crippen LogP contribution >= 0.6 is 0 Å². The third-order valence-electron chi connectivity index (χ3n) is 6.26. The molecule has 27 heavy (non-hydrogen) atoms. The van der Waals surface area contributed by atoms with E-state index >= 15 is 0 Å². The summed E-state index contributed by atoms with van der Waals surface area (Å²) in [5, 5.41) is 4.43. The maximum atomic E-state index is 12.8. The number of likely N-dealkylation sites (tertiary alicyclic amines) is 1. The van der Waals surface area contributed by atoms with E-state index in [0.717, 1.165) is 11.4 Å². The van der Waals surface area contributed by atoms with Crippen LogP contribution in [0, 0.1) is 37.5 Å². The summed E-state index contributed by atoms with van der Waals surface area (Å²) in [7, 11) is 1.93. The highest BCUT2D eigenvalue weighted by Gasteiger charge is 2.45. The zero-order chi connectivity index (χ0) is 19.7. The van der Waals surface area contributed by atoms with Crippen molar-refractivity contribution in [3.05, 3.63) is 29.1 Å². The molecule has 1 fully saturated rings. The Kier molecular flexibility index (Phi) is 5.72. The molecule has 0 unspecified atom stereocenters. The maximum absolute atomic E-state index is 12.8. The number of carbonyl (C=O) groups is 2. The second-order valence-electron chi connectivity index (χ2n) is 7.92. The van der Waals surface area contributed by atoms with E-state index in [0.29, 0.717) is 32.5 Å². The number of allylic oxidation sites excluding steroid dienone is 1. The van der Waals surface area contributed by atoms with Crippen LogP contribution in [0.25, 0.3) is 0 Å². The van der Waals surface area contributed by atoms with Gasteiger partial charge in [0.05, 0.1) is 18.2 Å². The quantitative estimate of drug-likeness (QED) is 0.587. The van der Waals surface area contributed by atoms with Gasteiger partial charge >= 0.3 is 5.97 Å². The van der Waals surface area contributed by atoms with Crippen molar-refractivity contribution in [3.63, 3.8) is 0 Å². The molecule has 6 heteroatoms. The smallest absolute Gasteiger partial charge is 0.309 e. The average molecular weight is 373 g/mol. The monoisotopic (exact) mass is 373 g/mol. The number of aromatic nitrogens is 2. The Balaban J connectivity index is 1.65. The fourth-order valence-electron chi connectivity index (χ4n) is 4.67. The predicted octanol–water partition coefficient (Wildman–Crippen LogP) is 2.43. The minimum absolute atomic E-state index is 0.125. The Bertz CT molecular complexity index is 752. The number of fused-ring (bicyclic) bond motifs is 1. The number of hydrogen-bond donors (Lipinski definition) is 0. The van der Waals surface area contributed by atoms with Crippen molar-refractivity contribution in [1.82, 2.24) is 14.7 Å². The summed E-state index contributed by atoms with van der Waals surface area (Å²) in [4.78, 5) is 27.2. The van der Waals surface area contributed by atoms with Crippen molar-refractivity contribution < 1.29 is 14.3 Å². The van der Waals surface area contributed by atoms with Crippen LogP contribution in [0.2, 0.25) is 0 Å². The van der Waals surface area contributed by atoms with Crippen molar-refractivity contribution in [2.45, 2.75) is 40.5 Å². The SMILES string of the molecule is CCOC(=O)[C@@H]1[C@H]2CN(C(=O)CCc3c(C)nn(C)c3C)C[C@@H]2C=C[C@@H]1C. The molecular formula is C21H31N3O3. The third kappa shape index (κ3) is 3.80. The highest BCUT2D eigenvalue weighted by Crippen LogP contribution is 2.40. The van der Waals surface area contributed by atoms with Crippen LogP contribution in [0.1, 0.15) is 37.2 Å². The highest BCUT2D eigenvalue weighted by atomic mass is 16.5. The Morgan fingerprint density at radius 2 is 2.00 bits per heavy atom. The Labute approximate surface area is 161 Å². The van der Waals surface area contributed by atoms with Gasteiger partial charge < -0.3 is 9.64 Å². The lowest BCUT2D eigenvalue weighted by Crippen LogP contribution is -2.37. The summed E-state index contributed by atoms with van der Waals surface area (Å²) >= 11 is 0. The van der Waals surface area contributed by atoms with Gasteiger partial charge in [-0.1, -0.05) is 19.1 Å². The minimum atomic E-state index is -0.152. The van der Waals surface area contributed by atoms with Gasteiger partial charge in [-0.3, -0.25) is 14.3 Å². The molecule has 0 saturated carbocycles. The van der Waals surface area contributed by atoms with E-state index < -0.39 is 0 Å². The van der Waals surface area contributed by atoms with E-state index in [1.807, 2.05) is 37.4 Å². The molecule has 3 rings (SSSR count). The first-order chi connectivity index (χ1) is 12.8. The molecule has 1 aliphatic carbocycles. The second-order valence-corrected chi connectivity index (χ2v) is 7.92. The van der Waals surface area contributed by atoms with Gasteiger partial charge in [0.1, 0.15) is 0 Å². The van der Waals surface area contributed by atoms with Crippen LogP contribution in [-0.4, -0.2) is 46.3 Å². The van der Waals surface area contributed by atoms with Gasteiger partial charge in [0.2, 0.25) is 5.91 Å². The normalized spacial score (nSPS) is 26.9. The molecule has 1 aliphatic heterocycles. The van der Waals surface area contributed by atoms with Crippen molar-refractivity contribution in [3.8, 4) is 0 Å². The van der Waals surface area contributed by atoms with Gasteiger partial charge in [-0.25, -0.2) is 0 Å². The number of ether oxygens (including phenoxy) is 1. The molecule has 0 bridgehead atoms. The molecule has 2 heterocycles. The van der Waals surface area contributed by atoms with E-state index in [1.54, 1.807) is 0 Å². The first-order valence-corrected chi connectivity index (χ1v) is 9.95. The van der Waals surface area contributed by atoms with Crippen molar-refractivity contribution >= 4 is 11.9 Å². The average Bonchev–Trinajstić information content (AvgIpc) is 3.14. The van der Waals surface area contributed by atoms with Crippen LogP contribution < -0.4 is 0 Å². The lowest BCUT2D eigenvalue weighted by Gasteiger charge is -2.31. The van der Waals surface area contributed by atoms with Gasteiger partial charge in [0.15, 0.2) is 0 Å². The Morgan fingerprint density at radius 1 is 1.26 bits per heavy atom. The number of aryl methyl sites for hydroxylation is 2. The zero-order valence-corrected chi connectivity index (χ0v) is 17.1. The molecule has 1 aromatic heterocycles. The molecule has 1 saturated heterocycles. The summed E-state index contributed by atoms with van der Waals surface area (Å²) in [6, 6.07) is 0. The van der Waals surface area contributed by atoms with Gasteiger partial charge in [0, 0.05) is 32.3 Å². The van der Waals surface area contributed by atoms with Crippen molar-refractivity contribution in [2.24, 2.45) is 30.7 Å². The van der Waals surface area contributed by atoms with Crippen LogP contribution in [0.15, 0.2) is 12.2 Å². The predicted molar refractivity (Wildman–Crippen MR) is 103 cm³/mol. The highest BCUT2D eigenvalue weighted by molar-refractivity contribution is 5.78. The molecule has 2 aliphatic rings. The van der Waals surface area contributed by atoms with E-state index in [4.69, 9.17) is 4.74 Å². The molecule has 148 valence electrons. The minimum Gasteiger partial charge on any atom is -0.466 e. The fraction of sp³-hybridized carbons (Fsp3) is 0.667. The number of rotatable bonds is 5. The van der Waals surface area contributed by atoms with Crippen LogP contribution in [0.3, 0.4) is 0 Å². The topological polar surface area (TPSA) is 64.4 Å². The van der Waals surface area contributed by atoms with Gasteiger partial charge in [-0.15, -0.1) is 0 Å². The first kappa shape index (κ1) is 19.6. The number of amides is 1. The molecule has 0 spiro atoms. The number of nitrogens with zero attached hydrogens (tertiary/aromatic N) is 3. The molecule has 6 nitrogen and oxygen atoms in total. The molecule has 0 aromatic carbocycles. The molecule has 0 N–H and O–H groups in total. The fourth-order valence-corrected chi connectivity index (χ4v) is 4.67. The number of hydrogen-bond acceptors (Lipinski definition) is 4. The van der Waals surface area contributed by atoms with E-state index in [1.165, 1.54) is 5.56 Å². The molecule has 1 amide bonds. The van der Waals surface area contributed by atoms with E-state index in [9.17, 15) is 9.59 Å². The molecule has 0 radical (unpaired) electrons. The Morgan fingerprint density at radius 3 is 2.63 bits per heavy atom. The van der Waals surface area contributed by atoms with Crippen LogP contribution in [-0.2, 0) is 27.8 Å². The maximum Gasteiger partial charge on any atom is 0.309 e. The zero-order valence-electron chi connectivity index (χ0n) is 17.1. The standard InChI is InChI=1S/C21H31N3O3/c1-6-27-21(26)20-13(2)7-8-16-11-24(12-18(16)20)19(25)10-9-17-14(3)22-23(5)15(17)4/h7-8,13,16,18,20H,6,9-12H2,1-5H3/t13-,16-,18-,20-/m0/s1. The summed E-state index contributed by atoms with van der Waals surface area (Å²) in [6.45, 7) is 9.68. The third-order valence-corrected chi connectivity index (χ3v) is 6.26. The Hall–Kier alpha value is -2.11. The number of esters is 1. The number of carbonyl (C=O) groups excluding carboxylic acids is 2. The summed E-state index contributed by atoms with van der Waals surface area (Å²) in [5.41, 5.74) is 3.28. The first-order valence-electron chi connectivity index (χ1n) is 9.95. The largest absolute Gasteiger partial charge is 0.466 e. The van der Waals surface area contributed by atoms with Crippen LogP contribution in [0.4, 0.5) is 0 Å². The summed E-state index contributed by atoms with van der Waals surface area (Å²) < 4.78 is 7.17. The second kappa shape index (κ2) is 7.87. The summed E-state index contributed by atoms with van der Waals surface area (Å²) in [5.74, 6) is 0.453. The van der Waals surface area contributed by atoms with Gasteiger partial charge in [0.25, 0.3) is 0 Å². The molecule has 4 atom stereocenters. The van der Waals surface area contributed by atoms with Crippen molar-refractivity contribution in [2.75, 3.05) is 19.7 Å². The van der Waals surface area contributed by atoms with E-state index in [2.05, 4.69) is 24.2 Å². The van der Waals surface area contributed by atoms with Gasteiger partial charge in [-0.2, -0.15) is 5.10 Å². The van der Waals surface area contributed by atoms with Crippen molar-refractivity contribution in [1.29, 1.82) is 0 Å². The molecule has 1 aromatic rings. The van der Waals surface area contributed by atoms with Gasteiger partial charge in [-0.05, 0) is 50.5 Å². The van der Waals surface area contributed by atoms with E-state index in [-0.39, 0.29) is 35.5 Å².